The number of unbranched alkanes of at least 4 members (excludes halogenated alkanes) is 2. The van der Waals surface area contributed by atoms with Crippen LogP contribution >= 0.6 is 11.6 Å². The molecule has 6 atom stereocenters. The van der Waals surface area contributed by atoms with Gasteiger partial charge in [-0.25, -0.2) is 4.79 Å². The van der Waals surface area contributed by atoms with Crippen LogP contribution < -0.4 is 18.9 Å². The predicted octanol–water partition coefficient (Wildman–Crippen LogP) is 7.73. The van der Waals surface area contributed by atoms with E-state index in [4.69, 9.17) is 50.0 Å². The highest BCUT2D eigenvalue weighted by molar-refractivity contribution is 6.18. The first-order valence-corrected chi connectivity index (χ1v) is 23.5. The van der Waals surface area contributed by atoms with Crippen molar-refractivity contribution in [2.45, 2.75) is 75.8 Å². The number of benzene rings is 3. The summed E-state index contributed by atoms with van der Waals surface area (Å²) in [5.74, 6) is 0.141. The number of ether oxygens (including phenoxy) is 6. The molecule has 2 aliphatic carbocycles. The van der Waals surface area contributed by atoms with Crippen molar-refractivity contribution in [3.8, 4) is 23.0 Å². The number of rotatable bonds is 24. The molecule has 1 saturated carbocycles. The van der Waals surface area contributed by atoms with Crippen molar-refractivity contribution in [3.05, 3.63) is 112 Å². The first-order chi connectivity index (χ1) is 32.3. The van der Waals surface area contributed by atoms with E-state index in [1.54, 1.807) is 23.1 Å². The zero-order chi connectivity index (χ0) is 46.0. The number of aliphatic hydroxyl groups is 2. The Bertz CT molecular complexity index is 2240. The lowest BCUT2D eigenvalue weighted by Gasteiger charge is -2.59. The Morgan fingerprint density at radius 2 is 1.74 bits per heavy atom. The van der Waals surface area contributed by atoms with E-state index < -0.39 is 28.8 Å². The van der Waals surface area contributed by atoms with E-state index in [9.17, 15) is 25.1 Å². The van der Waals surface area contributed by atoms with Crippen LogP contribution in [-0.2, 0) is 27.5 Å². The average Bonchev–Trinajstić information content (AvgIpc) is 4.04. The topological polar surface area (TPSA) is 184 Å². The highest BCUT2D eigenvalue weighted by Gasteiger charge is 2.65. The number of allylic oxidation sites excluding steroid dienone is 1. The minimum absolute atomic E-state index is 0.00212. The predicted molar refractivity (Wildman–Crippen MR) is 245 cm³/mol. The second-order valence-electron chi connectivity index (χ2n) is 17.3. The molecule has 8 rings (SSSR count). The lowest BCUT2D eigenvalue weighted by molar-refractivity contribution is -0.384. The molecule has 3 aromatic carbocycles. The first kappa shape index (κ1) is 47.1. The van der Waals surface area contributed by atoms with Gasteiger partial charge in [-0.1, -0.05) is 36.2 Å². The number of oxime groups is 1. The fourth-order valence-electron chi connectivity index (χ4n) is 9.97. The van der Waals surface area contributed by atoms with Crippen LogP contribution in [-0.4, -0.2) is 114 Å². The molecule has 0 radical (unpaired) electrons. The number of hydrogen-bond acceptors (Lipinski definition) is 14. The number of fused-ring (bicyclic) bond motifs is 3. The zero-order valence-corrected chi connectivity index (χ0v) is 37.9. The van der Waals surface area contributed by atoms with E-state index in [2.05, 4.69) is 23.6 Å². The fourth-order valence-corrected chi connectivity index (χ4v) is 10.0. The maximum Gasteiger partial charge on any atom is 0.410 e. The molecule has 1 amide bonds. The number of carbonyl (C=O) groups excluding carboxylic acids is 1. The van der Waals surface area contributed by atoms with Crippen molar-refractivity contribution < 1.29 is 53.2 Å². The number of nitro benzene ring substituents is 1. The second kappa shape index (κ2) is 21.9. The minimum atomic E-state index is -1.54. The van der Waals surface area contributed by atoms with Crippen molar-refractivity contribution in [2.24, 2.45) is 22.9 Å². The smallest absolute Gasteiger partial charge is 0.410 e. The summed E-state index contributed by atoms with van der Waals surface area (Å²) in [6.45, 7) is 7.82. The molecular formula is C49H59ClN4O12. The molecule has 0 spiro atoms. The van der Waals surface area contributed by atoms with Crippen LogP contribution in [0.4, 0.5) is 10.5 Å². The third-order valence-corrected chi connectivity index (χ3v) is 13.3. The SMILES string of the molecule is C=CCOC12Oc3ccc(OCCN4CC4)cc3C3C(CCCCO)C(CCCCO)C=C(C(=NOCc4ccc([N+](=O)[O-])cc4)CC1N(Cc1ccc4c(c1)OCO4)C(=O)OCCCl)C32. The number of aliphatic hydroxyl groups excluding tert-OH is 2. The Morgan fingerprint density at radius 3 is 2.48 bits per heavy atom. The molecule has 17 heteroatoms. The van der Waals surface area contributed by atoms with Crippen LogP contribution in [0.5, 0.6) is 23.0 Å². The summed E-state index contributed by atoms with van der Waals surface area (Å²) < 4.78 is 38.1. The van der Waals surface area contributed by atoms with Crippen LogP contribution in [0.1, 0.15) is 67.6 Å². The van der Waals surface area contributed by atoms with Gasteiger partial charge in [0.2, 0.25) is 12.6 Å². The van der Waals surface area contributed by atoms with Crippen LogP contribution in [0.3, 0.4) is 0 Å². The fraction of sp³-hybridized carbons (Fsp3) is 0.510. The molecule has 3 aliphatic heterocycles. The van der Waals surface area contributed by atoms with Gasteiger partial charge in [-0.15, -0.1) is 18.2 Å². The first-order valence-electron chi connectivity index (χ1n) is 22.9. The summed E-state index contributed by atoms with van der Waals surface area (Å²) in [6, 6.07) is 16.7. The van der Waals surface area contributed by atoms with Gasteiger partial charge in [0.25, 0.3) is 5.69 Å². The molecule has 66 heavy (non-hydrogen) atoms. The van der Waals surface area contributed by atoms with E-state index in [0.717, 1.165) is 62.0 Å². The standard InChI is InChI=1S/C49H59ClN4O12/c1-2-23-64-49-45(53(48(57)61-24-17-50)30-34-11-15-43-44(26-34)63-32-62-43)29-41(51-65-31-33-9-12-36(13-10-33)54(58)59)39-27-35(7-3-5-21-55)38(8-4-6-22-56)46(47(39)49)40-28-37(14-16-42(40)66-49)60-25-20-52-18-19-52/h2,9-16,26-28,35,38,45-47,55-56H,1,3-8,17-25,29-32H2. The zero-order valence-electron chi connectivity index (χ0n) is 37.1. The molecule has 1 saturated heterocycles. The van der Waals surface area contributed by atoms with Gasteiger partial charge >= 0.3 is 6.09 Å². The molecule has 0 aromatic heterocycles. The molecule has 3 heterocycles. The third-order valence-electron chi connectivity index (χ3n) is 13.1. The number of nitro groups is 1. The summed E-state index contributed by atoms with van der Waals surface area (Å²) in [5, 5.41) is 36.2. The maximum atomic E-state index is 14.7. The molecule has 6 unspecified atom stereocenters. The molecule has 0 bridgehead atoms. The van der Waals surface area contributed by atoms with Crippen molar-refractivity contribution in [1.82, 2.24) is 9.80 Å². The highest BCUT2D eigenvalue weighted by Crippen LogP contribution is 2.62. The molecule has 354 valence electrons. The minimum Gasteiger partial charge on any atom is -0.492 e. The van der Waals surface area contributed by atoms with Crippen LogP contribution in [0.15, 0.2) is 90.1 Å². The van der Waals surface area contributed by atoms with Crippen LogP contribution in [0.2, 0.25) is 0 Å². The van der Waals surface area contributed by atoms with Crippen molar-refractivity contribution in [3.63, 3.8) is 0 Å². The van der Waals surface area contributed by atoms with Gasteiger partial charge in [-0.3, -0.25) is 19.9 Å². The van der Waals surface area contributed by atoms with Gasteiger partial charge in [-0.2, -0.15) is 0 Å². The summed E-state index contributed by atoms with van der Waals surface area (Å²) in [7, 11) is 0. The Labute approximate surface area is 389 Å². The number of carbonyl (C=O) groups is 1. The van der Waals surface area contributed by atoms with Gasteiger partial charge in [-0.05, 0) is 96.7 Å². The normalized spacial score (nSPS) is 24.1. The largest absolute Gasteiger partial charge is 0.492 e. The number of halogens is 1. The number of alkyl halides is 1. The van der Waals surface area contributed by atoms with E-state index in [-0.39, 0.29) is 82.1 Å². The highest BCUT2D eigenvalue weighted by atomic mass is 35.5. The van der Waals surface area contributed by atoms with Gasteiger partial charge in [0, 0.05) is 69.4 Å². The molecule has 2 fully saturated rings. The van der Waals surface area contributed by atoms with Crippen LogP contribution in [0, 0.1) is 27.9 Å². The summed E-state index contributed by atoms with van der Waals surface area (Å²) in [5.41, 5.74) is 3.75. The lowest BCUT2D eigenvalue weighted by atomic mass is 9.55. The number of amides is 1. The Morgan fingerprint density at radius 1 is 0.985 bits per heavy atom. The summed E-state index contributed by atoms with van der Waals surface area (Å²) in [6.07, 6.45) is 7.74. The van der Waals surface area contributed by atoms with Gasteiger partial charge in [0.1, 0.15) is 37.4 Å². The van der Waals surface area contributed by atoms with Gasteiger partial charge in [0.05, 0.1) is 29.0 Å². The second-order valence-corrected chi connectivity index (χ2v) is 17.7. The average molecular weight is 931 g/mol. The Kier molecular flexibility index (Phi) is 15.7. The van der Waals surface area contributed by atoms with Gasteiger partial charge < -0.3 is 43.5 Å². The van der Waals surface area contributed by atoms with E-state index in [1.165, 1.54) is 12.1 Å². The van der Waals surface area contributed by atoms with Crippen molar-refractivity contribution in [2.75, 3.05) is 65.3 Å². The van der Waals surface area contributed by atoms with Crippen molar-refractivity contribution in [1.29, 1.82) is 0 Å². The molecule has 3 aromatic rings. The van der Waals surface area contributed by atoms with E-state index in [1.807, 2.05) is 30.3 Å². The lowest BCUT2D eigenvalue weighted by Crippen LogP contribution is -2.70. The molecule has 5 aliphatic rings. The quantitative estimate of drug-likeness (QED) is 0.0222. The van der Waals surface area contributed by atoms with Gasteiger partial charge in [0.15, 0.2) is 11.5 Å². The summed E-state index contributed by atoms with van der Waals surface area (Å²) >= 11 is 6.13. The molecular weight excluding hydrogens is 872 g/mol. The van der Waals surface area contributed by atoms with Crippen molar-refractivity contribution >= 4 is 29.1 Å². The Hall–Kier alpha value is -5.39. The van der Waals surface area contributed by atoms with Crippen LogP contribution in [0.25, 0.3) is 0 Å². The third kappa shape index (κ3) is 10.6. The number of non-ortho nitro benzene ring substituents is 1. The van der Waals surface area contributed by atoms with E-state index in [0.29, 0.717) is 53.7 Å². The number of nitrogens with zero attached hydrogens (tertiary/aromatic N) is 4. The Balaban J connectivity index is 1.30. The molecule has 16 nitrogen and oxygen atoms in total. The maximum absolute atomic E-state index is 14.7. The summed E-state index contributed by atoms with van der Waals surface area (Å²) in [4.78, 5) is 35.8. The monoisotopic (exact) mass is 930 g/mol. The number of hydrogen-bond donors (Lipinski definition) is 2. The molecule has 2 N–H and O–H groups in total. The van der Waals surface area contributed by atoms with E-state index >= 15 is 0 Å².